The van der Waals surface area contributed by atoms with Crippen LogP contribution >= 0.6 is 0 Å². The van der Waals surface area contributed by atoms with E-state index in [0.29, 0.717) is 42.3 Å². The van der Waals surface area contributed by atoms with Crippen molar-refractivity contribution < 1.29 is 29.1 Å². The minimum atomic E-state index is -0.808. The van der Waals surface area contributed by atoms with Crippen LogP contribution in [0.2, 0.25) is 0 Å². The van der Waals surface area contributed by atoms with Crippen LogP contribution in [0.25, 0.3) is 44.2 Å². The van der Waals surface area contributed by atoms with Gasteiger partial charge < -0.3 is 44.8 Å². The van der Waals surface area contributed by atoms with Gasteiger partial charge in [-0.15, -0.1) is 0 Å². The van der Waals surface area contributed by atoms with E-state index in [2.05, 4.69) is 60.7 Å². The molecular formula is C61H72N12O6. The SMILES string of the molecule is CC1c2c(ncc3c(N4CC5CCC(C4)N5)nc(OCCN4CCC(CC5CN(c6cc([C@H](C(=O)N7C[C@H](O)C[C@H]7C(=O)N[C@@H](C)c7ccc(-c8ccnn8C)cc7)C(C)C)on6)C5)CC4)nc23)-c2cc(O)cc3cccc1c23. The number of hydrogen-bond acceptors (Lipinski definition) is 15. The molecule has 5 aliphatic heterocycles. The minimum Gasteiger partial charge on any atom is -0.508 e. The number of phenolic OH excluding ortho intramolecular Hbond substituents is 1. The first-order valence-corrected chi connectivity index (χ1v) is 28.7. The summed E-state index contributed by atoms with van der Waals surface area (Å²) < 4.78 is 14.3. The largest absolute Gasteiger partial charge is 0.508 e. The molecule has 4 aromatic heterocycles. The second-order valence-corrected chi connectivity index (χ2v) is 23.9. The fraction of sp³-hybridized carbons (Fsp3) is 0.492. The van der Waals surface area contributed by atoms with Gasteiger partial charge in [-0.05, 0) is 116 Å². The van der Waals surface area contributed by atoms with Gasteiger partial charge in [0.25, 0.3) is 0 Å². The molecule has 0 spiro atoms. The summed E-state index contributed by atoms with van der Waals surface area (Å²) >= 11 is 0. The number of amides is 2. The van der Waals surface area contributed by atoms with Crippen molar-refractivity contribution in [3.05, 3.63) is 102 Å². The number of carbonyl (C=O) groups is 2. The third-order valence-electron chi connectivity index (χ3n) is 18.2. The van der Waals surface area contributed by atoms with Crippen molar-refractivity contribution in [1.82, 2.24) is 50.3 Å². The van der Waals surface area contributed by atoms with Crippen LogP contribution in [0.3, 0.4) is 0 Å². The van der Waals surface area contributed by atoms with Gasteiger partial charge in [0.05, 0.1) is 34.4 Å². The van der Waals surface area contributed by atoms with Crippen LogP contribution in [0.1, 0.15) is 107 Å². The number of anilines is 2. The maximum Gasteiger partial charge on any atom is 0.319 e. The normalized spacial score (nSPS) is 23.1. The number of benzene rings is 3. The molecule has 3 aromatic carbocycles. The van der Waals surface area contributed by atoms with Gasteiger partial charge in [0.2, 0.25) is 11.8 Å². The van der Waals surface area contributed by atoms with Crippen LogP contribution in [0.5, 0.6) is 11.8 Å². The molecule has 2 amide bonds. The topological polar surface area (TPSA) is 203 Å². The Labute approximate surface area is 460 Å². The number of aromatic hydroxyl groups is 1. The lowest BCUT2D eigenvalue weighted by atomic mass is 9.79. The van der Waals surface area contributed by atoms with E-state index in [-0.39, 0.29) is 48.4 Å². The molecule has 79 heavy (non-hydrogen) atoms. The first-order valence-electron chi connectivity index (χ1n) is 28.7. The van der Waals surface area contributed by atoms with Gasteiger partial charge >= 0.3 is 6.01 Å². The monoisotopic (exact) mass is 1070 g/mol. The Balaban J connectivity index is 0.609. The highest BCUT2D eigenvalue weighted by atomic mass is 16.5. The molecule has 4 N–H and O–H groups in total. The molecule has 1 aliphatic carbocycles. The Morgan fingerprint density at radius 2 is 1.70 bits per heavy atom. The summed E-state index contributed by atoms with van der Waals surface area (Å²) in [6, 6.07) is 22.0. The summed E-state index contributed by atoms with van der Waals surface area (Å²) in [6.45, 7) is 15.0. The van der Waals surface area contributed by atoms with Crippen LogP contribution in [0.4, 0.5) is 11.6 Å². The third-order valence-corrected chi connectivity index (χ3v) is 18.2. The number of nitrogens with zero attached hydrogens (tertiary/aromatic N) is 10. The number of aromatic nitrogens is 6. The number of fused-ring (bicyclic) bond motifs is 6. The van der Waals surface area contributed by atoms with E-state index in [4.69, 9.17) is 24.2 Å². The van der Waals surface area contributed by atoms with Crippen molar-refractivity contribution in [2.45, 2.75) is 108 Å². The van der Waals surface area contributed by atoms with Crippen molar-refractivity contribution in [2.75, 3.05) is 68.8 Å². The lowest BCUT2D eigenvalue weighted by Gasteiger charge is -2.42. The van der Waals surface area contributed by atoms with Crippen LogP contribution < -0.4 is 25.2 Å². The van der Waals surface area contributed by atoms with Crippen molar-refractivity contribution in [3.8, 4) is 34.3 Å². The number of likely N-dealkylation sites (tertiary alicyclic amines) is 2. The molecule has 7 atom stereocenters. The molecule has 9 heterocycles. The quantitative estimate of drug-likeness (QED) is 0.0784. The molecule has 0 radical (unpaired) electrons. The summed E-state index contributed by atoms with van der Waals surface area (Å²) in [7, 11) is 1.90. The summed E-state index contributed by atoms with van der Waals surface area (Å²) in [4.78, 5) is 52.4. The predicted octanol–water partition coefficient (Wildman–Crippen LogP) is 7.54. The third kappa shape index (κ3) is 9.72. The lowest BCUT2D eigenvalue weighted by Crippen LogP contribution is -2.51. The molecule has 13 rings (SSSR count). The average Bonchev–Trinajstić information content (AvgIpc) is 4.39. The molecule has 0 saturated carbocycles. The molecule has 6 aliphatic rings. The molecule has 18 nitrogen and oxygen atoms in total. The highest BCUT2D eigenvalue weighted by molar-refractivity contribution is 6.06. The first kappa shape index (κ1) is 51.3. The summed E-state index contributed by atoms with van der Waals surface area (Å²) in [6.07, 6.45) is 8.81. The lowest BCUT2D eigenvalue weighted by molar-refractivity contribution is -0.141. The van der Waals surface area contributed by atoms with E-state index in [1.165, 1.54) is 10.5 Å². The number of rotatable bonds is 15. The van der Waals surface area contributed by atoms with Gasteiger partial charge in [0, 0.05) is 100 Å². The summed E-state index contributed by atoms with van der Waals surface area (Å²) in [5.41, 5.74) is 7.86. The Morgan fingerprint density at radius 3 is 2.44 bits per heavy atom. The number of nitrogens with one attached hydrogen (secondary N) is 2. The van der Waals surface area contributed by atoms with Crippen LogP contribution in [0.15, 0.2) is 83.6 Å². The molecule has 18 heteroatoms. The molecular weight excluding hydrogens is 997 g/mol. The number of ether oxygens (including phenoxy) is 1. The van der Waals surface area contributed by atoms with Crippen LogP contribution in [0, 0.1) is 17.8 Å². The highest BCUT2D eigenvalue weighted by Crippen LogP contribution is 2.49. The van der Waals surface area contributed by atoms with E-state index in [1.54, 1.807) is 6.20 Å². The summed E-state index contributed by atoms with van der Waals surface area (Å²) in [5.74, 6) is 2.22. The Morgan fingerprint density at radius 1 is 0.911 bits per heavy atom. The molecule has 412 valence electrons. The zero-order valence-corrected chi connectivity index (χ0v) is 45.9. The minimum absolute atomic E-state index is 0.0279. The van der Waals surface area contributed by atoms with Crippen LogP contribution in [-0.4, -0.2) is 145 Å². The van der Waals surface area contributed by atoms with Crippen molar-refractivity contribution in [3.63, 3.8) is 0 Å². The van der Waals surface area contributed by atoms with Crippen molar-refractivity contribution in [1.29, 1.82) is 0 Å². The Kier molecular flexibility index (Phi) is 13.5. The first-order chi connectivity index (χ1) is 38.3. The second kappa shape index (κ2) is 20.8. The van der Waals surface area contributed by atoms with Gasteiger partial charge in [-0.3, -0.25) is 24.2 Å². The number of aliphatic hydroxyl groups excluding tert-OH is 1. The molecule has 2 bridgehead atoms. The second-order valence-electron chi connectivity index (χ2n) is 23.9. The molecule has 7 aromatic rings. The standard InChI is InChI=1S/C61H72N12O6/c1-34(2)53(60(77)73-33-45(75)26-50(73)59(76)64-36(4)39-9-11-40(12-10-39)49-15-18-63-69(49)5)51-27-52(68-79-51)71-29-38(30-71)23-37-16-19-70(20-17-37)21-22-78-61-66-57-48(58(67-61)72-31-42-13-14-43(32-72)65-42)28-62-56-47-25-44(74)24-41-7-6-8-46(55(41)47)35(3)54(56)57/h6-12,15,18,24-25,27-28,34-38,42-43,45,50,53,65,74-75H,13-14,16-17,19-23,26,29-33H2,1-5H3,(H,64,76)/t35?,36-,42?,43?,45+,50-,53+/m0/s1. The molecule has 5 fully saturated rings. The van der Waals surface area contributed by atoms with Gasteiger partial charge in [0.15, 0.2) is 11.6 Å². The number of aliphatic hydroxyl groups is 1. The van der Waals surface area contributed by atoms with Gasteiger partial charge in [-0.25, -0.2) is 0 Å². The van der Waals surface area contributed by atoms with Gasteiger partial charge in [0.1, 0.15) is 30.1 Å². The van der Waals surface area contributed by atoms with Crippen molar-refractivity contribution in [2.24, 2.45) is 24.8 Å². The number of aryl methyl sites for hydroxylation is 1. The highest BCUT2D eigenvalue weighted by Gasteiger charge is 2.44. The molecule has 5 saturated heterocycles. The number of phenols is 1. The molecule has 3 unspecified atom stereocenters. The smallest absolute Gasteiger partial charge is 0.319 e. The number of pyridine rings is 1. The zero-order valence-electron chi connectivity index (χ0n) is 45.9. The van der Waals surface area contributed by atoms with E-state index in [1.807, 2.05) is 87.2 Å². The number of hydrogen-bond donors (Lipinski definition) is 4. The average molecular weight is 1070 g/mol. The van der Waals surface area contributed by atoms with Gasteiger partial charge in [-0.2, -0.15) is 15.1 Å². The maximum atomic E-state index is 14.4. The number of carbonyl (C=O) groups excluding carboxylic acids is 2. The fourth-order valence-corrected chi connectivity index (χ4v) is 14.0. The Bertz CT molecular complexity index is 3410. The maximum absolute atomic E-state index is 14.4. The number of β-amino-alcohol motifs (C(OH)–C–C–N with tert-alkyl or cyclic N) is 1. The fourth-order valence-electron chi connectivity index (χ4n) is 14.0. The van der Waals surface area contributed by atoms with E-state index < -0.39 is 18.1 Å². The van der Waals surface area contributed by atoms with E-state index in [9.17, 15) is 19.8 Å². The number of piperidine rings is 1. The predicted molar refractivity (Wildman–Crippen MR) is 302 cm³/mol. The zero-order chi connectivity index (χ0) is 54.2. The number of piperazine rings is 1. The van der Waals surface area contributed by atoms with E-state index >= 15 is 0 Å². The van der Waals surface area contributed by atoms with Crippen LogP contribution in [-0.2, 0) is 16.6 Å². The summed E-state index contributed by atoms with van der Waals surface area (Å²) in [5, 5.41) is 40.3. The van der Waals surface area contributed by atoms with E-state index in [0.717, 1.165) is 145 Å². The Hall–Kier alpha value is -7.15. The van der Waals surface area contributed by atoms with Gasteiger partial charge in [-0.1, -0.05) is 68.4 Å². The van der Waals surface area contributed by atoms with Crippen molar-refractivity contribution >= 4 is 45.1 Å².